The van der Waals surface area contributed by atoms with Crippen molar-refractivity contribution in [1.29, 1.82) is 0 Å². The van der Waals surface area contributed by atoms with Gasteiger partial charge in [0.2, 0.25) is 11.8 Å². The van der Waals surface area contributed by atoms with Crippen molar-refractivity contribution in [3.05, 3.63) is 0 Å². The van der Waals surface area contributed by atoms with Gasteiger partial charge in [0.05, 0.1) is 0 Å². The Labute approximate surface area is 156 Å². The molecule has 3 aliphatic carbocycles. The molecule has 5 fully saturated rings. The summed E-state index contributed by atoms with van der Waals surface area (Å²) in [6, 6.07) is 1.23. The Hall–Kier alpha value is -1.10. The summed E-state index contributed by atoms with van der Waals surface area (Å²) in [5.74, 6) is 2.57. The summed E-state index contributed by atoms with van der Waals surface area (Å²) in [6.45, 7) is 1.71. The third-order valence-electron chi connectivity index (χ3n) is 8.08. The summed E-state index contributed by atoms with van der Waals surface area (Å²) < 4.78 is 0. The molecule has 5 rings (SSSR count). The number of carbonyl (C=O) groups excluding carboxylic acids is 2. The van der Waals surface area contributed by atoms with E-state index in [4.69, 9.17) is 5.73 Å². The quantitative estimate of drug-likeness (QED) is 0.821. The van der Waals surface area contributed by atoms with Gasteiger partial charge in [-0.15, -0.1) is 0 Å². The Balaban J connectivity index is 1.24. The van der Waals surface area contributed by atoms with E-state index in [9.17, 15) is 9.59 Å². The van der Waals surface area contributed by atoms with Gasteiger partial charge in [-0.05, 0) is 69.1 Å². The highest BCUT2D eigenvalue weighted by Gasteiger charge is 2.47. The van der Waals surface area contributed by atoms with Gasteiger partial charge in [0.1, 0.15) is 0 Å². The maximum atomic E-state index is 13.3. The Morgan fingerprint density at radius 1 is 0.962 bits per heavy atom. The molecule has 3 saturated carbocycles. The molecule has 2 N–H and O–H groups in total. The maximum Gasteiger partial charge on any atom is 0.225 e. The minimum atomic E-state index is 0.200. The summed E-state index contributed by atoms with van der Waals surface area (Å²) in [6.07, 6.45) is 10.7. The lowest BCUT2D eigenvalue weighted by Gasteiger charge is -2.49. The smallest absolute Gasteiger partial charge is 0.225 e. The molecule has 2 saturated heterocycles. The normalized spacial score (nSPS) is 43.2. The van der Waals surface area contributed by atoms with Gasteiger partial charge in [-0.25, -0.2) is 0 Å². The molecule has 0 aromatic rings. The van der Waals surface area contributed by atoms with Crippen molar-refractivity contribution in [2.75, 3.05) is 13.1 Å². The van der Waals surface area contributed by atoms with Crippen molar-refractivity contribution in [3.8, 4) is 0 Å². The van der Waals surface area contributed by atoms with Gasteiger partial charge in [-0.1, -0.05) is 6.42 Å². The molecule has 0 aromatic heterocycles. The molecule has 2 aliphatic heterocycles. The number of hydrogen-bond acceptors (Lipinski definition) is 3. The SMILES string of the molecule is NC1C2CCCC1CC(C(=O)N1CCC3C(CCC(=O)N3C3CC3)C1)C2. The number of nitrogens with zero attached hydrogens (tertiary/aromatic N) is 2. The molecule has 0 spiro atoms. The highest BCUT2D eigenvalue weighted by molar-refractivity contribution is 5.80. The van der Waals surface area contributed by atoms with Crippen LogP contribution in [0.1, 0.15) is 64.2 Å². The standard InChI is InChI=1S/C21H33N3O2/c22-20-13-2-1-3-14(20)11-16(10-13)21(26)23-9-8-18-15(12-23)4-7-19(25)24(18)17-5-6-17/h13-18,20H,1-12,22H2. The second kappa shape index (κ2) is 6.50. The third-order valence-corrected chi connectivity index (χ3v) is 8.08. The van der Waals surface area contributed by atoms with Crippen LogP contribution >= 0.6 is 0 Å². The van der Waals surface area contributed by atoms with Crippen molar-refractivity contribution in [1.82, 2.24) is 9.80 Å². The fraction of sp³-hybridized carbons (Fsp3) is 0.905. The van der Waals surface area contributed by atoms with Crippen LogP contribution in [-0.4, -0.2) is 52.8 Å². The zero-order valence-electron chi connectivity index (χ0n) is 15.8. The van der Waals surface area contributed by atoms with Crippen molar-refractivity contribution >= 4 is 11.8 Å². The van der Waals surface area contributed by atoms with E-state index in [1.165, 1.54) is 32.1 Å². The first kappa shape index (κ1) is 17.0. The second-order valence-corrected chi connectivity index (χ2v) is 9.67. The van der Waals surface area contributed by atoms with Crippen molar-refractivity contribution in [2.24, 2.45) is 29.4 Å². The summed E-state index contributed by atoms with van der Waals surface area (Å²) in [5.41, 5.74) is 6.41. The average molecular weight is 360 g/mol. The van der Waals surface area contributed by atoms with Crippen LogP contribution in [0.15, 0.2) is 0 Å². The average Bonchev–Trinajstić information content (AvgIpc) is 3.45. The Morgan fingerprint density at radius 3 is 2.38 bits per heavy atom. The molecular formula is C21H33N3O2. The van der Waals surface area contributed by atoms with Crippen LogP contribution in [0.3, 0.4) is 0 Å². The monoisotopic (exact) mass is 359 g/mol. The van der Waals surface area contributed by atoms with E-state index in [1.807, 2.05) is 0 Å². The van der Waals surface area contributed by atoms with Crippen LogP contribution in [0.2, 0.25) is 0 Å². The molecule has 2 heterocycles. The molecule has 4 atom stereocenters. The number of piperidine rings is 2. The summed E-state index contributed by atoms with van der Waals surface area (Å²) >= 11 is 0. The number of amides is 2. The summed E-state index contributed by atoms with van der Waals surface area (Å²) in [7, 11) is 0. The summed E-state index contributed by atoms with van der Waals surface area (Å²) in [5, 5.41) is 0. The van der Waals surface area contributed by atoms with Gasteiger partial charge in [-0.2, -0.15) is 0 Å². The number of fused-ring (bicyclic) bond motifs is 3. The van der Waals surface area contributed by atoms with E-state index < -0.39 is 0 Å². The van der Waals surface area contributed by atoms with E-state index in [0.717, 1.165) is 38.8 Å². The number of rotatable bonds is 2. The van der Waals surface area contributed by atoms with E-state index in [2.05, 4.69) is 9.80 Å². The van der Waals surface area contributed by atoms with Gasteiger partial charge in [-0.3, -0.25) is 9.59 Å². The topological polar surface area (TPSA) is 66.6 Å². The zero-order valence-corrected chi connectivity index (χ0v) is 15.8. The minimum Gasteiger partial charge on any atom is -0.342 e. The van der Waals surface area contributed by atoms with Crippen molar-refractivity contribution in [3.63, 3.8) is 0 Å². The Bertz CT molecular complexity index is 576. The number of hydrogen-bond donors (Lipinski definition) is 1. The predicted octanol–water partition coefficient (Wildman–Crippen LogP) is 2.14. The number of carbonyl (C=O) groups is 2. The van der Waals surface area contributed by atoms with Crippen LogP contribution in [0.25, 0.3) is 0 Å². The lowest BCUT2D eigenvalue weighted by molar-refractivity contribution is -0.148. The molecule has 2 bridgehead atoms. The fourth-order valence-electron chi connectivity index (χ4n) is 6.57. The highest BCUT2D eigenvalue weighted by atomic mass is 16.2. The number of nitrogens with two attached hydrogens (primary N) is 1. The predicted molar refractivity (Wildman–Crippen MR) is 99.1 cm³/mol. The first-order valence-electron chi connectivity index (χ1n) is 11.0. The first-order valence-corrected chi connectivity index (χ1v) is 11.0. The molecule has 0 radical (unpaired) electrons. The van der Waals surface area contributed by atoms with Gasteiger partial charge in [0.15, 0.2) is 0 Å². The number of likely N-dealkylation sites (tertiary alicyclic amines) is 2. The maximum absolute atomic E-state index is 13.3. The van der Waals surface area contributed by atoms with E-state index in [-0.39, 0.29) is 5.92 Å². The van der Waals surface area contributed by atoms with Gasteiger partial charge < -0.3 is 15.5 Å². The summed E-state index contributed by atoms with van der Waals surface area (Å²) in [4.78, 5) is 30.0. The second-order valence-electron chi connectivity index (χ2n) is 9.67. The molecule has 144 valence electrons. The van der Waals surface area contributed by atoms with Crippen molar-refractivity contribution < 1.29 is 9.59 Å². The highest BCUT2D eigenvalue weighted by Crippen LogP contribution is 2.44. The molecule has 5 nitrogen and oxygen atoms in total. The molecule has 0 aromatic carbocycles. The Kier molecular flexibility index (Phi) is 4.26. The van der Waals surface area contributed by atoms with Gasteiger partial charge >= 0.3 is 0 Å². The largest absolute Gasteiger partial charge is 0.342 e. The molecule has 4 unspecified atom stereocenters. The molecule has 26 heavy (non-hydrogen) atoms. The van der Waals surface area contributed by atoms with Crippen LogP contribution < -0.4 is 5.73 Å². The van der Waals surface area contributed by atoms with Crippen LogP contribution in [-0.2, 0) is 9.59 Å². The molecule has 5 aliphatic rings. The molecule has 5 heteroatoms. The molecular weight excluding hydrogens is 326 g/mol. The minimum absolute atomic E-state index is 0.200. The van der Waals surface area contributed by atoms with Crippen LogP contribution in [0.5, 0.6) is 0 Å². The van der Waals surface area contributed by atoms with Gasteiger partial charge in [0, 0.05) is 43.6 Å². The lowest BCUT2D eigenvalue weighted by Crippen LogP contribution is -2.58. The van der Waals surface area contributed by atoms with E-state index in [0.29, 0.717) is 54.1 Å². The zero-order chi connectivity index (χ0) is 17.8. The third kappa shape index (κ3) is 2.87. The van der Waals surface area contributed by atoms with E-state index in [1.54, 1.807) is 0 Å². The lowest BCUT2D eigenvalue weighted by atomic mass is 9.64. The Morgan fingerprint density at radius 2 is 1.69 bits per heavy atom. The van der Waals surface area contributed by atoms with Crippen LogP contribution in [0, 0.1) is 23.7 Å². The first-order chi connectivity index (χ1) is 12.6. The van der Waals surface area contributed by atoms with Gasteiger partial charge in [0.25, 0.3) is 0 Å². The van der Waals surface area contributed by atoms with Crippen LogP contribution in [0.4, 0.5) is 0 Å². The van der Waals surface area contributed by atoms with Crippen molar-refractivity contribution in [2.45, 2.75) is 82.3 Å². The fourth-order valence-corrected chi connectivity index (χ4v) is 6.57. The molecule has 2 amide bonds. The van der Waals surface area contributed by atoms with E-state index >= 15 is 0 Å².